The van der Waals surface area contributed by atoms with Crippen LogP contribution in [0.4, 0.5) is 5.69 Å². The minimum atomic E-state index is -0.894. The number of amides is 1. The second-order valence-electron chi connectivity index (χ2n) is 4.95. The second kappa shape index (κ2) is 6.59. The predicted molar refractivity (Wildman–Crippen MR) is 80.9 cm³/mol. The van der Waals surface area contributed by atoms with Crippen molar-refractivity contribution in [3.8, 4) is 0 Å². The van der Waals surface area contributed by atoms with Gasteiger partial charge in [-0.25, -0.2) is 0 Å². The number of nitrogens with one attached hydrogen (secondary N) is 1. The lowest BCUT2D eigenvalue weighted by Crippen LogP contribution is -2.36. The van der Waals surface area contributed by atoms with Gasteiger partial charge in [0.25, 0.3) is 0 Å². The first-order chi connectivity index (χ1) is 9.49. The highest BCUT2D eigenvalue weighted by molar-refractivity contribution is 9.10. The van der Waals surface area contributed by atoms with Crippen LogP contribution >= 0.6 is 27.5 Å². The summed E-state index contributed by atoms with van der Waals surface area (Å²) in [6.45, 7) is 0. The maximum Gasteiger partial charge on any atom is 0.307 e. The van der Waals surface area contributed by atoms with E-state index >= 15 is 0 Å². The molecule has 2 unspecified atom stereocenters. The summed E-state index contributed by atoms with van der Waals surface area (Å²) in [4.78, 5) is 23.5. The van der Waals surface area contributed by atoms with E-state index < -0.39 is 17.8 Å². The van der Waals surface area contributed by atoms with E-state index in [1.807, 2.05) is 0 Å². The summed E-state index contributed by atoms with van der Waals surface area (Å²) in [6.07, 6.45) is 2.92. The Kier molecular flexibility index (Phi) is 5.05. The molecular formula is C14H15BrClNO3. The number of halogens is 2. The number of aliphatic carboxylic acids is 1. The molecular weight excluding hydrogens is 346 g/mol. The van der Waals surface area contributed by atoms with Gasteiger partial charge in [0.15, 0.2) is 0 Å². The summed E-state index contributed by atoms with van der Waals surface area (Å²) in [5.41, 5.74) is 0.567. The molecule has 0 radical (unpaired) electrons. The average Bonchev–Trinajstić information content (AvgIpc) is 2.42. The van der Waals surface area contributed by atoms with Crippen molar-refractivity contribution in [1.29, 1.82) is 0 Å². The number of benzene rings is 1. The Labute approximate surface area is 130 Å². The third-order valence-corrected chi connectivity index (χ3v) is 4.53. The monoisotopic (exact) mass is 359 g/mol. The van der Waals surface area contributed by atoms with Crippen molar-refractivity contribution in [3.63, 3.8) is 0 Å². The fourth-order valence-corrected chi connectivity index (χ4v) is 3.08. The highest BCUT2D eigenvalue weighted by Crippen LogP contribution is 2.33. The maximum absolute atomic E-state index is 12.3. The first-order valence-electron chi connectivity index (χ1n) is 6.48. The van der Waals surface area contributed by atoms with E-state index in [2.05, 4.69) is 21.2 Å². The first kappa shape index (κ1) is 15.3. The van der Waals surface area contributed by atoms with E-state index in [1.54, 1.807) is 18.2 Å². The van der Waals surface area contributed by atoms with E-state index in [-0.39, 0.29) is 5.91 Å². The molecule has 2 rings (SSSR count). The molecule has 0 heterocycles. The molecule has 1 aromatic rings. The summed E-state index contributed by atoms with van der Waals surface area (Å²) in [7, 11) is 0. The van der Waals surface area contributed by atoms with Gasteiger partial charge in [-0.15, -0.1) is 0 Å². The van der Waals surface area contributed by atoms with Crippen LogP contribution < -0.4 is 5.32 Å². The molecule has 1 aliphatic carbocycles. The highest BCUT2D eigenvalue weighted by Gasteiger charge is 2.35. The molecule has 0 bridgehead atoms. The average molecular weight is 361 g/mol. The lowest BCUT2D eigenvalue weighted by Gasteiger charge is -2.27. The van der Waals surface area contributed by atoms with Crippen molar-refractivity contribution >= 4 is 45.1 Å². The van der Waals surface area contributed by atoms with Gasteiger partial charge in [-0.3, -0.25) is 9.59 Å². The van der Waals surface area contributed by atoms with Gasteiger partial charge in [-0.05, 0) is 47.0 Å². The van der Waals surface area contributed by atoms with Gasteiger partial charge in [-0.2, -0.15) is 0 Å². The molecule has 1 amide bonds. The molecule has 1 saturated carbocycles. The number of rotatable bonds is 3. The number of carboxylic acids is 1. The van der Waals surface area contributed by atoms with Gasteiger partial charge >= 0.3 is 5.97 Å². The summed E-state index contributed by atoms with van der Waals surface area (Å²) in [5.74, 6) is -2.22. The van der Waals surface area contributed by atoms with E-state index in [9.17, 15) is 14.7 Å². The quantitative estimate of drug-likeness (QED) is 0.858. The van der Waals surface area contributed by atoms with Crippen LogP contribution in [0, 0.1) is 11.8 Å². The molecule has 2 atom stereocenters. The Balaban J connectivity index is 2.14. The van der Waals surface area contributed by atoms with Gasteiger partial charge in [-0.1, -0.05) is 24.4 Å². The third kappa shape index (κ3) is 3.52. The minimum absolute atomic E-state index is 0.250. The van der Waals surface area contributed by atoms with Crippen molar-refractivity contribution in [2.24, 2.45) is 11.8 Å². The van der Waals surface area contributed by atoms with Crippen molar-refractivity contribution < 1.29 is 14.7 Å². The molecule has 2 N–H and O–H groups in total. The van der Waals surface area contributed by atoms with Gasteiger partial charge < -0.3 is 10.4 Å². The molecule has 20 heavy (non-hydrogen) atoms. The fraction of sp³-hybridized carbons (Fsp3) is 0.429. The smallest absolute Gasteiger partial charge is 0.307 e. The number of hydrogen-bond acceptors (Lipinski definition) is 2. The molecule has 108 valence electrons. The molecule has 0 spiro atoms. The van der Waals surface area contributed by atoms with Crippen LogP contribution in [0.5, 0.6) is 0 Å². The minimum Gasteiger partial charge on any atom is -0.481 e. The van der Waals surface area contributed by atoms with Crippen molar-refractivity contribution in [1.82, 2.24) is 0 Å². The number of hydrogen-bond donors (Lipinski definition) is 2. The van der Waals surface area contributed by atoms with Crippen molar-refractivity contribution in [2.45, 2.75) is 25.7 Å². The van der Waals surface area contributed by atoms with Crippen molar-refractivity contribution in [2.75, 3.05) is 5.32 Å². The standard InChI is InChI=1S/C14H15BrClNO3/c15-11-6-5-8(16)7-12(11)17-13(18)9-3-1-2-4-10(9)14(19)20/h5-7,9-10H,1-4H2,(H,17,18)(H,19,20). The molecule has 4 nitrogen and oxygen atoms in total. The van der Waals surface area contributed by atoms with Crippen LogP contribution in [0.2, 0.25) is 5.02 Å². The van der Waals surface area contributed by atoms with Crippen LogP contribution in [-0.4, -0.2) is 17.0 Å². The van der Waals surface area contributed by atoms with Crippen LogP contribution in [0.3, 0.4) is 0 Å². The van der Waals surface area contributed by atoms with E-state index in [1.165, 1.54) is 0 Å². The Morgan fingerprint density at radius 3 is 2.55 bits per heavy atom. The lowest BCUT2D eigenvalue weighted by molar-refractivity contribution is -0.147. The van der Waals surface area contributed by atoms with Gasteiger partial charge in [0.05, 0.1) is 17.5 Å². The Hall–Kier alpha value is -1.07. The SMILES string of the molecule is O=C(O)C1CCCCC1C(=O)Nc1cc(Cl)ccc1Br. The predicted octanol–water partition coefficient (Wildman–Crippen LogP) is 3.93. The number of carboxylic acid groups (broad SMARTS) is 1. The summed E-state index contributed by atoms with van der Waals surface area (Å²) in [6, 6.07) is 5.09. The zero-order valence-electron chi connectivity index (χ0n) is 10.7. The van der Waals surface area contributed by atoms with Gasteiger partial charge in [0.2, 0.25) is 5.91 Å². The zero-order valence-corrected chi connectivity index (χ0v) is 13.1. The van der Waals surface area contributed by atoms with Gasteiger partial charge in [0.1, 0.15) is 0 Å². The molecule has 6 heteroatoms. The summed E-state index contributed by atoms with van der Waals surface area (Å²) in [5, 5.41) is 12.5. The van der Waals surface area contributed by atoms with Crippen LogP contribution in [0.1, 0.15) is 25.7 Å². The highest BCUT2D eigenvalue weighted by atomic mass is 79.9. The molecule has 1 aliphatic rings. The largest absolute Gasteiger partial charge is 0.481 e. The second-order valence-corrected chi connectivity index (χ2v) is 6.24. The molecule has 0 saturated heterocycles. The molecule has 0 aromatic heterocycles. The molecule has 1 aromatic carbocycles. The third-order valence-electron chi connectivity index (χ3n) is 3.61. The van der Waals surface area contributed by atoms with E-state index in [4.69, 9.17) is 11.6 Å². The summed E-state index contributed by atoms with van der Waals surface area (Å²) < 4.78 is 0.720. The first-order valence-corrected chi connectivity index (χ1v) is 7.65. The van der Waals surface area contributed by atoms with Crippen LogP contribution in [-0.2, 0) is 9.59 Å². The van der Waals surface area contributed by atoms with Crippen LogP contribution in [0.25, 0.3) is 0 Å². The lowest BCUT2D eigenvalue weighted by atomic mass is 9.78. The van der Waals surface area contributed by atoms with E-state index in [0.717, 1.165) is 17.3 Å². The van der Waals surface area contributed by atoms with Crippen LogP contribution in [0.15, 0.2) is 22.7 Å². The van der Waals surface area contributed by atoms with Gasteiger partial charge in [0, 0.05) is 9.50 Å². The number of carbonyl (C=O) groups excluding carboxylic acids is 1. The molecule has 1 fully saturated rings. The van der Waals surface area contributed by atoms with E-state index in [0.29, 0.717) is 23.6 Å². The molecule has 0 aliphatic heterocycles. The topological polar surface area (TPSA) is 66.4 Å². The maximum atomic E-state index is 12.3. The Morgan fingerprint density at radius 2 is 1.90 bits per heavy atom. The number of carbonyl (C=O) groups is 2. The Morgan fingerprint density at radius 1 is 1.25 bits per heavy atom. The fourth-order valence-electron chi connectivity index (χ4n) is 2.56. The normalized spacial score (nSPS) is 22.3. The Bertz CT molecular complexity index is 535. The number of anilines is 1. The summed E-state index contributed by atoms with van der Waals surface area (Å²) >= 11 is 9.24. The van der Waals surface area contributed by atoms with Crippen molar-refractivity contribution in [3.05, 3.63) is 27.7 Å². The zero-order chi connectivity index (χ0) is 14.7.